The van der Waals surface area contributed by atoms with Crippen LogP contribution in [0.2, 0.25) is 5.02 Å². The van der Waals surface area contributed by atoms with Gasteiger partial charge in [0.15, 0.2) is 0 Å². The van der Waals surface area contributed by atoms with E-state index >= 15 is 0 Å². The summed E-state index contributed by atoms with van der Waals surface area (Å²) in [5.41, 5.74) is 7.82. The summed E-state index contributed by atoms with van der Waals surface area (Å²) in [6.45, 7) is 6.02. The van der Waals surface area contributed by atoms with Gasteiger partial charge in [-0.25, -0.2) is 0 Å². The molecule has 0 atom stereocenters. The molecule has 0 aliphatic rings. The summed E-state index contributed by atoms with van der Waals surface area (Å²) < 4.78 is 0. The minimum Gasteiger partial charge on any atom is -0.384 e. The van der Waals surface area contributed by atoms with Gasteiger partial charge in [-0.05, 0) is 42.6 Å². The molecule has 0 aliphatic carbocycles. The number of nitrogens with zero attached hydrogens (tertiary/aromatic N) is 1. The number of aromatic nitrogens is 1. The fraction of sp³-hybridized carbons (Fsp3) is 0.400. The molecule has 0 bridgehead atoms. The number of halogens is 1. The highest BCUT2D eigenvalue weighted by molar-refractivity contribution is 6.31. The van der Waals surface area contributed by atoms with Gasteiger partial charge in [-0.15, -0.1) is 0 Å². The monoisotopic (exact) mass is 277 g/mol. The van der Waals surface area contributed by atoms with Gasteiger partial charge in [0.2, 0.25) is 0 Å². The van der Waals surface area contributed by atoms with Crippen molar-refractivity contribution in [3.63, 3.8) is 0 Å². The van der Waals surface area contributed by atoms with Crippen LogP contribution in [0.3, 0.4) is 0 Å². The molecule has 0 unspecified atom stereocenters. The SMILES string of the molecule is CC(C)(CCN)CNc1ccnc2cc(Cl)ccc12. The number of benzene rings is 1. The van der Waals surface area contributed by atoms with Crippen molar-refractivity contribution in [3.8, 4) is 0 Å². The van der Waals surface area contributed by atoms with E-state index in [2.05, 4.69) is 24.1 Å². The second-order valence-electron chi connectivity index (χ2n) is 5.58. The van der Waals surface area contributed by atoms with Gasteiger partial charge in [0.25, 0.3) is 0 Å². The maximum absolute atomic E-state index is 5.99. The zero-order valence-corrected chi connectivity index (χ0v) is 12.2. The van der Waals surface area contributed by atoms with Crippen LogP contribution < -0.4 is 11.1 Å². The van der Waals surface area contributed by atoms with Gasteiger partial charge < -0.3 is 11.1 Å². The van der Waals surface area contributed by atoms with Crippen LogP contribution in [0.15, 0.2) is 30.5 Å². The van der Waals surface area contributed by atoms with Crippen LogP contribution in [0, 0.1) is 5.41 Å². The first-order chi connectivity index (χ1) is 9.02. The number of nitrogens with two attached hydrogens (primary N) is 1. The van der Waals surface area contributed by atoms with E-state index in [1.165, 1.54) is 0 Å². The largest absolute Gasteiger partial charge is 0.384 e. The summed E-state index contributed by atoms with van der Waals surface area (Å²) in [7, 11) is 0. The summed E-state index contributed by atoms with van der Waals surface area (Å²) >= 11 is 5.99. The zero-order valence-electron chi connectivity index (χ0n) is 11.4. The Hall–Kier alpha value is -1.32. The smallest absolute Gasteiger partial charge is 0.0737 e. The lowest BCUT2D eigenvalue weighted by molar-refractivity contribution is 0.365. The van der Waals surface area contributed by atoms with Crippen LogP contribution >= 0.6 is 11.6 Å². The van der Waals surface area contributed by atoms with Crippen LogP contribution in [0.4, 0.5) is 5.69 Å². The fourth-order valence-corrected chi connectivity index (χ4v) is 2.26. The molecule has 0 saturated carbocycles. The maximum Gasteiger partial charge on any atom is 0.0737 e. The number of anilines is 1. The van der Waals surface area contributed by atoms with Crippen molar-refractivity contribution >= 4 is 28.2 Å². The third-order valence-electron chi connectivity index (χ3n) is 3.28. The summed E-state index contributed by atoms with van der Waals surface area (Å²) in [6.07, 6.45) is 2.80. The average molecular weight is 278 g/mol. The van der Waals surface area contributed by atoms with Gasteiger partial charge in [0.1, 0.15) is 0 Å². The minimum absolute atomic E-state index is 0.177. The Morgan fingerprint density at radius 1 is 1.32 bits per heavy atom. The van der Waals surface area contributed by atoms with E-state index in [9.17, 15) is 0 Å². The quantitative estimate of drug-likeness (QED) is 0.877. The Labute approximate surface area is 119 Å². The van der Waals surface area contributed by atoms with E-state index in [1.807, 2.05) is 24.3 Å². The first-order valence-corrected chi connectivity index (χ1v) is 6.88. The lowest BCUT2D eigenvalue weighted by Gasteiger charge is -2.25. The molecule has 3 N–H and O–H groups in total. The van der Waals surface area contributed by atoms with E-state index in [-0.39, 0.29) is 5.41 Å². The van der Waals surface area contributed by atoms with Crippen LogP contribution in [0.5, 0.6) is 0 Å². The molecule has 102 valence electrons. The second kappa shape index (κ2) is 5.76. The number of rotatable bonds is 5. The lowest BCUT2D eigenvalue weighted by Crippen LogP contribution is -2.26. The highest BCUT2D eigenvalue weighted by Crippen LogP contribution is 2.26. The summed E-state index contributed by atoms with van der Waals surface area (Å²) in [6, 6.07) is 7.77. The van der Waals surface area contributed by atoms with Gasteiger partial charge in [0, 0.05) is 28.8 Å². The number of pyridine rings is 1. The number of hydrogen-bond acceptors (Lipinski definition) is 3. The van der Waals surface area contributed by atoms with Crippen LogP contribution in [-0.2, 0) is 0 Å². The predicted octanol–water partition coefficient (Wildman–Crippen LogP) is 3.68. The molecule has 0 fully saturated rings. The summed E-state index contributed by atoms with van der Waals surface area (Å²) in [4.78, 5) is 4.34. The maximum atomic E-state index is 5.99. The van der Waals surface area contributed by atoms with Gasteiger partial charge in [0.05, 0.1) is 5.52 Å². The summed E-state index contributed by atoms with van der Waals surface area (Å²) in [5, 5.41) is 5.30. The molecule has 1 aromatic heterocycles. The third-order valence-corrected chi connectivity index (χ3v) is 3.52. The Kier molecular flexibility index (Phi) is 4.27. The lowest BCUT2D eigenvalue weighted by atomic mass is 9.89. The molecule has 1 heterocycles. The molecule has 4 heteroatoms. The summed E-state index contributed by atoms with van der Waals surface area (Å²) in [5.74, 6) is 0. The van der Waals surface area contributed by atoms with Gasteiger partial charge in [-0.3, -0.25) is 4.98 Å². The number of fused-ring (bicyclic) bond motifs is 1. The van der Waals surface area contributed by atoms with Crippen LogP contribution in [-0.4, -0.2) is 18.1 Å². The molecule has 3 nitrogen and oxygen atoms in total. The van der Waals surface area contributed by atoms with Crippen molar-refractivity contribution in [2.24, 2.45) is 11.1 Å². The van der Waals surface area contributed by atoms with E-state index in [4.69, 9.17) is 17.3 Å². The molecule has 0 radical (unpaired) electrons. The first-order valence-electron chi connectivity index (χ1n) is 6.50. The minimum atomic E-state index is 0.177. The van der Waals surface area contributed by atoms with E-state index in [0.29, 0.717) is 11.6 Å². The van der Waals surface area contributed by atoms with Gasteiger partial charge in [-0.2, -0.15) is 0 Å². The highest BCUT2D eigenvalue weighted by atomic mass is 35.5. The molecule has 19 heavy (non-hydrogen) atoms. The molecule has 0 aliphatic heterocycles. The van der Waals surface area contributed by atoms with Crippen LogP contribution in [0.1, 0.15) is 20.3 Å². The van der Waals surface area contributed by atoms with Crippen molar-refractivity contribution < 1.29 is 0 Å². The Balaban J connectivity index is 2.21. The topological polar surface area (TPSA) is 50.9 Å². The molecular formula is C15H20ClN3. The van der Waals surface area contributed by atoms with E-state index in [0.717, 1.165) is 29.6 Å². The van der Waals surface area contributed by atoms with Crippen molar-refractivity contribution in [2.75, 3.05) is 18.4 Å². The standard InChI is InChI=1S/C15H20ClN3/c1-15(2,6-7-17)10-19-13-5-8-18-14-9-11(16)3-4-12(13)14/h3-5,8-9H,6-7,10,17H2,1-2H3,(H,18,19). The fourth-order valence-electron chi connectivity index (χ4n) is 2.09. The van der Waals surface area contributed by atoms with E-state index in [1.54, 1.807) is 6.20 Å². The Morgan fingerprint density at radius 2 is 2.11 bits per heavy atom. The molecule has 1 aromatic carbocycles. The number of hydrogen-bond donors (Lipinski definition) is 2. The third kappa shape index (κ3) is 3.58. The van der Waals surface area contributed by atoms with Crippen molar-refractivity contribution in [3.05, 3.63) is 35.5 Å². The molecule has 2 rings (SSSR count). The molecule has 0 spiro atoms. The van der Waals surface area contributed by atoms with Crippen LogP contribution in [0.25, 0.3) is 10.9 Å². The van der Waals surface area contributed by atoms with Crippen molar-refractivity contribution in [1.29, 1.82) is 0 Å². The molecule has 2 aromatic rings. The molecule has 0 saturated heterocycles. The highest BCUT2D eigenvalue weighted by Gasteiger charge is 2.16. The van der Waals surface area contributed by atoms with Gasteiger partial charge >= 0.3 is 0 Å². The van der Waals surface area contributed by atoms with E-state index < -0.39 is 0 Å². The van der Waals surface area contributed by atoms with Crippen molar-refractivity contribution in [1.82, 2.24) is 4.98 Å². The van der Waals surface area contributed by atoms with Gasteiger partial charge in [-0.1, -0.05) is 25.4 Å². The first kappa shape index (κ1) is 14.1. The average Bonchev–Trinajstić information content (AvgIpc) is 2.36. The second-order valence-corrected chi connectivity index (χ2v) is 6.01. The molecule has 0 amide bonds. The molecular weight excluding hydrogens is 258 g/mol. The zero-order chi connectivity index (χ0) is 13.9. The Morgan fingerprint density at radius 3 is 2.84 bits per heavy atom. The van der Waals surface area contributed by atoms with Crippen molar-refractivity contribution in [2.45, 2.75) is 20.3 Å². The number of nitrogens with one attached hydrogen (secondary N) is 1. The normalized spacial score (nSPS) is 11.8. The Bertz CT molecular complexity index is 566. The predicted molar refractivity (Wildman–Crippen MR) is 82.7 cm³/mol.